The second kappa shape index (κ2) is 7.40. The van der Waals surface area contributed by atoms with Gasteiger partial charge in [0.1, 0.15) is 0 Å². The van der Waals surface area contributed by atoms with Crippen molar-refractivity contribution in [3.05, 3.63) is 17.9 Å². The molecule has 0 aromatic carbocycles. The van der Waals surface area contributed by atoms with Crippen molar-refractivity contribution in [1.29, 1.82) is 0 Å². The van der Waals surface area contributed by atoms with Crippen LogP contribution >= 0.6 is 37.2 Å². The van der Waals surface area contributed by atoms with Crippen molar-refractivity contribution in [1.82, 2.24) is 0 Å². The molecule has 0 radical (unpaired) electrons. The van der Waals surface area contributed by atoms with E-state index in [-0.39, 0.29) is 69.8 Å². The van der Waals surface area contributed by atoms with Crippen molar-refractivity contribution in [2.75, 3.05) is 0 Å². The summed E-state index contributed by atoms with van der Waals surface area (Å²) in [7, 11) is 0. The van der Waals surface area contributed by atoms with Gasteiger partial charge in [-0.15, -0.1) is 37.2 Å². The van der Waals surface area contributed by atoms with Crippen molar-refractivity contribution in [2.24, 2.45) is 10.8 Å². The predicted molar refractivity (Wildman–Crippen MR) is 60.6 cm³/mol. The van der Waals surface area contributed by atoms with Gasteiger partial charge in [0.2, 0.25) is 0 Å². The van der Waals surface area contributed by atoms with Crippen LogP contribution in [0.15, 0.2) is 11.8 Å². The first kappa shape index (κ1) is 23.7. The Labute approximate surface area is 115 Å². The molecule has 0 bridgehead atoms. The molecule has 0 heterocycles. The molecular weight excluding hydrogens is 262 g/mol. The van der Waals surface area contributed by atoms with Crippen molar-refractivity contribution >= 4 is 37.2 Å². The topological polar surface area (TPSA) is 0 Å². The van der Waals surface area contributed by atoms with Crippen LogP contribution in [0.1, 0.15) is 27.7 Å². The van der Waals surface area contributed by atoms with Gasteiger partial charge in [0, 0.05) is 21.7 Å². The van der Waals surface area contributed by atoms with E-state index in [4.69, 9.17) is 0 Å². The van der Waals surface area contributed by atoms with E-state index >= 15 is 0 Å². The van der Waals surface area contributed by atoms with Crippen molar-refractivity contribution in [3.63, 3.8) is 0 Å². The largest absolute Gasteiger partial charge is 0.334 e. The van der Waals surface area contributed by atoms with Crippen LogP contribution in [0.2, 0.25) is 0 Å². The fraction of sp³-hybridized carbons (Fsp3) is 0.667. The maximum absolute atomic E-state index is 3.18. The second-order valence-corrected chi connectivity index (χ2v) is 3.76. The third-order valence-corrected chi connectivity index (χ3v) is 2.43. The molecule has 0 unspecified atom stereocenters. The second-order valence-electron chi connectivity index (χ2n) is 3.76. The van der Waals surface area contributed by atoms with Crippen molar-refractivity contribution < 1.29 is 21.7 Å². The maximum atomic E-state index is 3.18. The summed E-state index contributed by atoms with van der Waals surface area (Å²) in [6, 6.07) is 0. The van der Waals surface area contributed by atoms with E-state index in [1.54, 1.807) is 0 Å². The summed E-state index contributed by atoms with van der Waals surface area (Å²) in [5, 5.41) is 0. The van der Waals surface area contributed by atoms with E-state index in [2.05, 4.69) is 45.6 Å². The number of hydrogen-bond donors (Lipinski definition) is 0. The van der Waals surface area contributed by atoms with Gasteiger partial charge in [-0.05, 0) is 0 Å². The van der Waals surface area contributed by atoms with E-state index in [0.717, 1.165) is 0 Å². The number of allylic oxidation sites excluding steroid dienone is 1. The van der Waals surface area contributed by atoms with Crippen LogP contribution in [-0.2, 0) is 21.7 Å². The van der Waals surface area contributed by atoms with Gasteiger partial charge in [-0.2, -0.15) is 6.08 Å². The molecule has 1 aliphatic rings. The van der Waals surface area contributed by atoms with Crippen LogP contribution in [0.25, 0.3) is 0 Å². The zero-order valence-corrected chi connectivity index (χ0v) is 12.3. The number of halogens is 3. The van der Waals surface area contributed by atoms with E-state index in [1.165, 1.54) is 0 Å². The summed E-state index contributed by atoms with van der Waals surface area (Å²) in [5.41, 5.74) is 3.44. The molecule has 0 spiro atoms. The third-order valence-electron chi connectivity index (χ3n) is 2.43. The van der Waals surface area contributed by atoms with Crippen molar-refractivity contribution in [2.45, 2.75) is 27.7 Å². The molecular formula is C9H16Cl3Ti-. The number of hydrogen-bond acceptors (Lipinski definition) is 0. The van der Waals surface area contributed by atoms with Crippen LogP contribution in [-0.4, -0.2) is 0 Å². The SMILES string of the molecule is CC1(C)[C-]=C=CC1(C)C.Cl.Cl.Cl.[Ti]. The molecule has 0 aromatic rings. The minimum Gasteiger partial charge on any atom is -0.334 e. The molecule has 0 nitrogen and oxygen atoms in total. The van der Waals surface area contributed by atoms with Crippen LogP contribution < -0.4 is 0 Å². The third kappa shape index (κ3) is 4.93. The Balaban J connectivity index is -0.000000101. The van der Waals surface area contributed by atoms with E-state index in [0.29, 0.717) is 0 Å². The molecule has 0 atom stereocenters. The van der Waals surface area contributed by atoms with Crippen molar-refractivity contribution in [3.8, 4) is 0 Å². The quantitative estimate of drug-likeness (QED) is 0.359. The monoisotopic (exact) mass is 277 g/mol. The standard InChI is InChI=1S/C9H13.3ClH.Ti/c1-8(2)6-5-7-9(8,3)4;;;;/h6H,1-4H3;3*1H;/q-1;;;;. The van der Waals surface area contributed by atoms with Crippen LogP contribution in [0.4, 0.5) is 0 Å². The Morgan fingerprint density at radius 3 is 1.46 bits per heavy atom. The molecule has 1 aliphatic carbocycles. The first-order valence-corrected chi connectivity index (χ1v) is 3.33. The molecule has 4 heteroatoms. The first-order chi connectivity index (χ1) is 3.96. The van der Waals surface area contributed by atoms with E-state index in [1.807, 2.05) is 0 Å². The summed E-state index contributed by atoms with van der Waals surface area (Å²) < 4.78 is 0. The Kier molecular flexibility index (Phi) is 13.5. The number of rotatable bonds is 0. The van der Waals surface area contributed by atoms with Gasteiger partial charge in [-0.25, -0.2) is 6.08 Å². The van der Waals surface area contributed by atoms with E-state index in [9.17, 15) is 0 Å². The van der Waals surface area contributed by atoms with Crippen LogP contribution in [0.5, 0.6) is 0 Å². The molecule has 78 valence electrons. The smallest absolute Gasteiger partial charge is 0 e. The van der Waals surface area contributed by atoms with Crippen LogP contribution in [0.3, 0.4) is 0 Å². The molecule has 0 aliphatic heterocycles. The summed E-state index contributed by atoms with van der Waals surface area (Å²) in [6.45, 7) is 8.78. The van der Waals surface area contributed by atoms with E-state index < -0.39 is 0 Å². The van der Waals surface area contributed by atoms with Crippen LogP contribution in [0, 0.1) is 16.9 Å². The predicted octanol–water partition coefficient (Wildman–Crippen LogP) is 3.83. The zero-order valence-electron chi connectivity index (χ0n) is 8.30. The van der Waals surface area contributed by atoms with Gasteiger partial charge in [-0.1, -0.05) is 38.5 Å². The fourth-order valence-electron chi connectivity index (χ4n) is 0.738. The van der Waals surface area contributed by atoms with Gasteiger partial charge >= 0.3 is 0 Å². The molecule has 13 heavy (non-hydrogen) atoms. The van der Waals surface area contributed by atoms with Gasteiger partial charge in [0.05, 0.1) is 0 Å². The summed E-state index contributed by atoms with van der Waals surface area (Å²) in [6.07, 6.45) is 5.27. The van der Waals surface area contributed by atoms with Gasteiger partial charge in [0.25, 0.3) is 0 Å². The molecule has 0 saturated carbocycles. The molecule has 0 saturated heterocycles. The molecule has 0 aromatic heterocycles. The summed E-state index contributed by atoms with van der Waals surface area (Å²) in [5.74, 6) is 0. The van der Waals surface area contributed by atoms with Gasteiger partial charge in [-0.3, -0.25) is 0 Å². The Morgan fingerprint density at radius 2 is 1.38 bits per heavy atom. The Morgan fingerprint density at radius 1 is 1.00 bits per heavy atom. The summed E-state index contributed by atoms with van der Waals surface area (Å²) >= 11 is 0. The average molecular weight is 278 g/mol. The normalized spacial score (nSPS) is 18.8. The average Bonchev–Trinajstić information content (AvgIpc) is 1.81. The molecule has 1 rings (SSSR count). The summed E-state index contributed by atoms with van der Waals surface area (Å²) in [4.78, 5) is 0. The molecule has 0 fully saturated rings. The fourth-order valence-corrected chi connectivity index (χ4v) is 0.738. The zero-order chi connectivity index (χ0) is 7.12. The molecule has 0 N–H and O–H groups in total. The van der Waals surface area contributed by atoms with Gasteiger partial charge in [0.15, 0.2) is 0 Å². The Hall–Kier alpha value is 1.10. The minimum absolute atomic E-state index is 0. The minimum atomic E-state index is 0. The Bertz CT molecular complexity index is 173. The van der Waals surface area contributed by atoms with Gasteiger partial charge < -0.3 is 5.73 Å². The maximum Gasteiger partial charge on any atom is 0 e. The first-order valence-electron chi connectivity index (χ1n) is 3.33. The molecule has 0 amide bonds.